The van der Waals surface area contributed by atoms with Gasteiger partial charge in [0.15, 0.2) is 11.6 Å². The van der Waals surface area contributed by atoms with Gasteiger partial charge in [0, 0.05) is 12.8 Å². The van der Waals surface area contributed by atoms with Gasteiger partial charge in [-0.05, 0) is 81.8 Å². The molecule has 0 aromatic heterocycles. The van der Waals surface area contributed by atoms with Gasteiger partial charge < -0.3 is 38.4 Å². The van der Waals surface area contributed by atoms with E-state index in [1.807, 2.05) is 54.9 Å². The van der Waals surface area contributed by atoms with Crippen molar-refractivity contribution in [2.75, 3.05) is 53.9 Å². The number of nitrogens with zero attached hydrogens (tertiary/aromatic N) is 2. The summed E-state index contributed by atoms with van der Waals surface area (Å²) in [6, 6.07) is 12.4. The van der Waals surface area contributed by atoms with Gasteiger partial charge in [-0.3, -0.25) is 9.59 Å². The van der Waals surface area contributed by atoms with Crippen molar-refractivity contribution in [3.05, 3.63) is 69.8 Å². The van der Waals surface area contributed by atoms with Gasteiger partial charge in [-0.25, -0.2) is 0 Å². The monoisotopic (exact) mass is 656 g/mol. The van der Waals surface area contributed by atoms with Crippen molar-refractivity contribution in [3.8, 4) is 0 Å². The maximum atomic E-state index is 12.4. The van der Waals surface area contributed by atoms with Crippen LogP contribution in [-0.2, 0) is 22.4 Å². The maximum Gasteiger partial charge on any atom is 0.191 e. The lowest BCUT2D eigenvalue weighted by molar-refractivity contribution is -0.915. The maximum absolute atomic E-state index is 12.4. The van der Waals surface area contributed by atoms with Gasteiger partial charge >= 0.3 is 0 Å². The zero-order chi connectivity index (χ0) is 30.8. The number of likely N-dealkylation sites (N-methyl/N-ethyl adjacent to an activating group) is 2. The number of benzene rings is 2. The fraction of sp³-hybridized carbons (Fsp3) is 0.600. The van der Waals surface area contributed by atoms with Crippen LogP contribution in [0, 0.1) is 27.7 Å². The van der Waals surface area contributed by atoms with Gasteiger partial charge in [-0.15, -0.1) is 0 Å². The summed E-state index contributed by atoms with van der Waals surface area (Å²) in [6.07, 6.45) is 1.15. The van der Waals surface area contributed by atoms with Crippen LogP contribution < -0.4 is 29.4 Å². The van der Waals surface area contributed by atoms with Crippen LogP contribution in [0.5, 0.6) is 0 Å². The second-order valence-corrected chi connectivity index (χ2v) is 11.1. The summed E-state index contributed by atoms with van der Waals surface area (Å²) < 4.78 is 1.60. The van der Waals surface area contributed by atoms with Crippen molar-refractivity contribution >= 4 is 11.6 Å². The lowest BCUT2D eigenvalue weighted by Crippen LogP contribution is -3.00. The van der Waals surface area contributed by atoms with Crippen molar-refractivity contribution in [1.82, 2.24) is 0 Å². The smallest absolute Gasteiger partial charge is 0.191 e. The number of rotatable bonds is 11. The largest absolute Gasteiger partial charge is 1.00 e. The highest BCUT2D eigenvalue weighted by molar-refractivity contribution is 5.83. The number of hydrogen-bond donors (Lipinski definition) is 0. The first kappa shape index (κ1) is 46.4. The highest BCUT2D eigenvalue weighted by Gasteiger charge is 2.25. The molecule has 0 amide bonds. The Balaban J connectivity index is -0.000000288. The molecular formula is C35H62BrClN2O2. The van der Waals surface area contributed by atoms with Crippen LogP contribution in [0.1, 0.15) is 81.8 Å². The normalized spacial score (nSPS) is 10.2. The van der Waals surface area contributed by atoms with Gasteiger partial charge in [0.05, 0.1) is 40.8 Å². The first-order valence-electron chi connectivity index (χ1n) is 15.1. The van der Waals surface area contributed by atoms with Gasteiger partial charge in [-0.1, -0.05) is 64.1 Å². The molecule has 41 heavy (non-hydrogen) atoms. The lowest BCUT2D eigenvalue weighted by atomic mass is 9.98. The van der Waals surface area contributed by atoms with E-state index in [4.69, 9.17) is 0 Å². The minimum Gasteiger partial charge on any atom is -1.00 e. The third-order valence-electron chi connectivity index (χ3n) is 7.21. The summed E-state index contributed by atoms with van der Waals surface area (Å²) >= 11 is 0. The average molecular weight is 658 g/mol. The van der Waals surface area contributed by atoms with Gasteiger partial charge in [0.2, 0.25) is 0 Å². The standard InChI is InChI=1S/C17H28NO.C14H22NO.2C2H6.BrH.ClH/c1-6-18(7-2,8-3)13-16(19)12-17-14(4)10-9-11-15(17)5;1-11-7-6-8-12(2)14(11)9-13(16)10-15(3,4)5;2*1-2;;/h9-11H,6-8,12-13H2,1-5H3;6-8H,9-10H2,1-5H3;2*1-2H3;2*1H/q2*+1;;;;/p-2. The van der Waals surface area contributed by atoms with E-state index < -0.39 is 0 Å². The summed E-state index contributed by atoms with van der Waals surface area (Å²) in [5, 5.41) is 0. The number of carbonyl (C=O) groups is 2. The number of halogens is 2. The Kier molecular flexibility index (Phi) is 27.1. The predicted molar refractivity (Wildman–Crippen MR) is 172 cm³/mol. The molecule has 0 saturated heterocycles. The molecule has 0 fully saturated rings. The number of hydrogen-bond acceptors (Lipinski definition) is 2. The molecule has 0 unspecified atom stereocenters. The first-order valence-corrected chi connectivity index (χ1v) is 15.1. The summed E-state index contributed by atoms with van der Waals surface area (Å²) in [6.45, 7) is 27.2. The number of quaternary nitrogens is 2. The molecule has 238 valence electrons. The second kappa shape index (κ2) is 24.0. The molecule has 0 radical (unpaired) electrons. The lowest BCUT2D eigenvalue weighted by Gasteiger charge is -2.35. The SMILES string of the molecule is CC.CC.CC[N+](CC)(CC)CC(=O)Cc1c(C)cccc1C.Cc1cccc(C)c1CC(=O)C[N+](C)(C)C.[Br-].[Cl-]. The van der Waals surface area contributed by atoms with Crippen LogP contribution >= 0.6 is 0 Å². The molecule has 4 nitrogen and oxygen atoms in total. The fourth-order valence-electron chi connectivity index (χ4n) is 4.67. The van der Waals surface area contributed by atoms with Gasteiger partial charge in [-0.2, -0.15) is 0 Å². The Hall–Kier alpha value is -1.53. The Morgan fingerprint density at radius 3 is 1.10 bits per heavy atom. The number of ketones is 2. The Morgan fingerprint density at radius 2 is 0.854 bits per heavy atom. The minimum atomic E-state index is 0. The first-order chi connectivity index (χ1) is 18.3. The van der Waals surface area contributed by atoms with Gasteiger partial charge in [0.25, 0.3) is 0 Å². The topological polar surface area (TPSA) is 34.1 Å². The quantitative estimate of drug-likeness (QED) is 0.344. The third kappa shape index (κ3) is 17.9. The molecule has 0 heterocycles. The minimum absolute atomic E-state index is 0. The summed E-state index contributed by atoms with van der Waals surface area (Å²) in [7, 11) is 6.13. The molecule has 0 aliphatic carbocycles. The van der Waals surface area contributed by atoms with E-state index in [1.165, 1.54) is 33.4 Å². The summed E-state index contributed by atoms with van der Waals surface area (Å²) in [5.74, 6) is 0.674. The van der Waals surface area contributed by atoms with E-state index in [0.29, 0.717) is 42.0 Å². The van der Waals surface area contributed by atoms with Crippen LogP contribution in [0.15, 0.2) is 36.4 Å². The Labute approximate surface area is 271 Å². The molecule has 0 atom stereocenters. The highest BCUT2D eigenvalue weighted by Crippen LogP contribution is 2.16. The van der Waals surface area contributed by atoms with E-state index in [9.17, 15) is 9.59 Å². The molecule has 6 heteroatoms. The molecule has 0 N–H and O–H groups in total. The van der Waals surface area contributed by atoms with Gasteiger partial charge in [0.1, 0.15) is 13.1 Å². The van der Waals surface area contributed by atoms with E-state index in [1.54, 1.807) is 0 Å². The predicted octanol–water partition coefficient (Wildman–Crippen LogP) is 1.47. The van der Waals surface area contributed by atoms with Crippen LogP contribution in [-0.4, -0.2) is 74.4 Å². The number of aryl methyl sites for hydroxylation is 4. The molecule has 2 rings (SSSR count). The van der Waals surface area contributed by atoms with Crippen molar-refractivity contribution in [3.63, 3.8) is 0 Å². The fourth-order valence-corrected chi connectivity index (χ4v) is 4.67. The molecule has 0 saturated carbocycles. The van der Waals surface area contributed by atoms with Crippen LogP contribution in [0.3, 0.4) is 0 Å². The summed E-state index contributed by atoms with van der Waals surface area (Å²) in [4.78, 5) is 24.3. The second-order valence-electron chi connectivity index (χ2n) is 11.1. The molecule has 2 aromatic carbocycles. The highest BCUT2D eigenvalue weighted by atomic mass is 79.9. The van der Waals surface area contributed by atoms with Crippen LogP contribution in [0.25, 0.3) is 0 Å². The van der Waals surface area contributed by atoms with Crippen molar-refractivity contribution < 1.29 is 47.9 Å². The van der Waals surface area contributed by atoms with Crippen LogP contribution in [0.4, 0.5) is 0 Å². The number of Topliss-reactive ketones (excluding diaryl/α,β-unsaturated/α-hetero) is 2. The zero-order valence-corrected chi connectivity index (χ0v) is 31.2. The average Bonchev–Trinajstić information content (AvgIpc) is 2.89. The van der Waals surface area contributed by atoms with E-state index in [0.717, 1.165) is 24.1 Å². The van der Waals surface area contributed by atoms with E-state index >= 15 is 0 Å². The molecule has 2 aromatic rings. The number of carbonyl (C=O) groups excluding carboxylic acids is 2. The molecule has 0 aliphatic rings. The third-order valence-corrected chi connectivity index (χ3v) is 7.21. The van der Waals surface area contributed by atoms with E-state index in [2.05, 4.69) is 78.8 Å². The molecule has 0 spiro atoms. The van der Waals surface area contributed by atoms with Crippen molar-refractivity contribution in [1.29, 1.82) is 0 Å². The molecule has 0 aliphatic heterocycles. The Morgan fingerprint density at radius 1 is 0.585 bits per heavy atom. The van der Waals surface area contributed by atoms with E-state index in [-0.39, 0.29) is 29.4 Å². The zero-order valence-electron chi connectivity index (χ0n) is 28.9. The summed E-state index contributed by atoms with van der Waals surface area (Å²) in [5.41, 5.74) is 7.31. The molecular weight excluding hydrogens is 596 g/mol. The van der Waals surface area contributed by atoms with Crippen molar-refractivity contribution in [2.24, 2.45) is 0 Å². The van der Waals surface area contributed by atoms with Crippen molar-refractivity contribution in [2.45, 2.75) is 89.0 Å². The van der Waals surface area contributed by atoms with Crippen LogP contribution in [0.2, 0.25) is 0 Å². The Bertz CT molecular complexity index is 947. The molecule has 0 bridgehead atoms.